The van der Waals surface area contributed by atoms with Gasteiger partial charge in [-0.15, -0.1) is 35.3 Å². The number of piperidine rings is 1. The highest BCUT2D eigenvalue weighted by atomic mass is 127. The van der Waals surface area contributed by atoms with Gasteiger partial charge in [0.05, 0.1) is 5.01 Å². The highest BCUT2D eigenvalue weighted by molar-refractivity contribution is 14.0. The summed E-state index contributed by atoms with van der Waals surface area (Å²) in [4.78, 5) is 9.85. The van der Waals surface area contributed by atoms with Gasteiger partial charge in [0.25, 0.3) is 0 Å². The lowest BCUT2D eigenvalue weighted by Crippen LogP contribution is -2.42. The zero-order valence-electron chi connectivity index (χ0n) is 12.3. The molecule has 0 spiro atoms. The molecule has 22 heavy (non-hydrogen) atoms. The smallest absolute Gasteiger partial charge is 0.370 e. The van der Waals surface area contributed by atoms with Crippen LogP contribution in [0.3, 0.4) is 0 Å². The number of halogens is 4. The molecule has 0 aromatic carbocycles. The maximum absolute atomic E-state index is 12.4. The Labute approximate surface area is 149 Å². The van der Waals surface area contributed by atoms with Crippen molar-refractivity contribution in [2.75, 3.05) is 19.6 Å². The average molecular weight is 448 g/mol. The average Bonchev–Trinajstić information content (AvgIpc) is 2.88. The summed E-state index contributed by atoms with van der Waals surface area (Å²) in [6.07, 6.45) is -1.80. The maximum Gasteiger partial charge on any atom is 0.434 e. The molecule has 0 aliphatic carbocycles. The number of thiazole rings is 1. The summed E-state index contributed by atoms with van der Waals surface area (Å²) in [6, 6.07) is 0. The molecule has 2 rings (SSSR count). The molecule has 0 unspecified atom stereocenters. The topological polar surface area (TPSA) is 54.5 Å². The highest BCUT2D eigenvalue weighted by Gasteiger charge is 2.33. The zero-order valence-corrected chi connectivity index (χ0v) is 15.4. The molecule has 0 saturated carbocycles. The van der Waals surface area contributed by atoms with Crippen molar-refractivity contribution in [3.8, 4) is 0 Å². The van der Waals surface area contributed by atoms with Crippen LogP contribution >= 0.6 is 35.3 Å². The number of rotatable bonds is 3. The Morgan fingerprint density at radius 2 is 2.09 bits per heavy atom. The summed E-state index contributed by atoms with van der Waals surface area (Å²) < 4.78 is 37.2. The van der Waals surface area contributed by atoms with E-state index in [-0.39, 0.29) is 24.0 Å². The van der Waals surface area contributed by atoms with Gasteiger partial charge in [0, 0.05) is 31.4 Å². The highest BCUT2D eigenvalue weighted by Crippen LogP contribution is 2.30. The summed E-state index contributed by atoms with van der Waals surface area (Å²) in [5.41, 5.74) is 5.08. The minimum absolute atomic E-state index is 0. The van der Waals surface area contributed by atoms with Gasteiger partial charge in [-0.05, 0) is 18.8 Å². The van der Waals surface area contributed by atoms with Crippen LogP contribution in [0.1, 0.15) is 30.5 Å². The number of guanidine groups is 1. The van der Waals surface area contributed by atoms with Crippen LogP contribution in [0.4, 0.5) is 13.2 Å². The van der Waals surface area contributed by atoms with E-state index in [1.165, 1.54) is 0 Å². The van der Waals surface area contributed by atoms with E-state index < -0.39 is 11.9 Å². The van der Waals surface area contributed by atoms with E-state index in [0.29, 0.717) is 29.9 Å². The minimum Gasteiger partial charge on any atom is -0.370 e. The molecular weight excluding hydrogens is 428 g/mol. The second-order valence-electron chi connectivity index (χ2n) is 5.28. The number of likely N-dealkylation sites (tertiary alicyclic amines) is 1. The van der Waals surface area contributed by atoms with Crippen LogP contribution in [0.25, 0.3) is 0 Å². The quantitative estimate of drug-likeness (QED) is 0.439. The third-order valence-electron chi connectivity index (χ3n) is 3.55. The third-order valence-corrected chi connectivity index (χ3v) is 4.46. The molecule has 0 atom stereocenters. The first kappa shape index (κ1) is 19.5. The molecule has 1 aromatic rings. The van der Waals surface area contributed by atoms with E-state index >= 15 is 0 Å². The number of nitrogens with zero attached hydrogens (tertiary/aromatic N) is 3. The molecular formula is C13H20F3IN4S. The second-order valence-corrected chi connectivity index (χ2v) is 6.23. The first-order valence-corrected chi connectivity index (χ1v) is 7.80. The summed E-state index contributed by atoms with van der Waals surface area (Å²) >= 11 is 1.01. The number of aromatic nitrogens is 1. The van der Waals surface area contributed by atoms with Crippen molar-refractivity contribution < 1.29 is 13.2 Å². The Hall–Kier alpha value is -0.580. The Morgan fingerprint density at radius 1 is 1.45 bits per heavy atom. The van der Waals surface area contributed by atoms with Crippen LogP contribution < -0.4 is 5.73 Å². The molecule has 1 fully saturated rings. The van der Waals surface area contributed by atoms with E-state index in [1.54, 1.807) is 0 Å². The third kappa shape index (κ3) is 5.56. The predicted octanol–water partition coefficient (Wildman–Crippen LogP) is 3.37. The fourth-order valence-corrected chi connectivity index (χ4v) is 2.95. The van der Waals surface area contributed by atoms with Gasteiger partial charge >= 0.3 is 6.18 Å². The van der Waals surface area contributed by atoms with Crippen molar-refractivity contribution in [1.29, 1.82) is 0 Å². The molecule has 1 saturated heterocycles. The van der Waals surface area contributed by atoms with Crippen molar-refractivity contribution in [2.45, 2.75) is 32.4 Å². The van der Waals surface area contributed by atoms with E-state index in [9.17, 15) is 13.2 Å². The van der Waals surface area contributed by atoms with Gasteiger partial charge in [-0.2, -0.15) is 13.2 Å². The van der Waals surface area contributed by atoms with Crippen LogP contribution in [0, 0.1) is 5.92 Å². The van der Waals surface area contributed by atoms with E-state index in [0.717, 1.165) is 42.6 Å². The van der Waals surface area contributed by atoms with Crippen LogP contribution in [0.15, 0.2) is 10.4 Å². The van der Waals surface area contributed by atoms with E-state index in [2.05, 4.69) is 16.9 Å². The lowest BCUT2D eigenvalue weighted by molar-refractivity contribution is -0.140. The van der Waals surface area contributed by atoms with Gasteiger partial charge in [0.1, 0.15) is 0 Å². The molecule has 9 heteroatoms. The molecule has 126 valence electrons. The zero-order chi connectivity index (χ0) is 15.5. The SMILES string of the molecule is CC1CCN(C(N)=NCCc2nc(C(F)(F)F)cs2)CC1.I. The standard InChI is InChI=1S/C13H19F3N4S.HI/c1-9-3-6-20(7-4-9)12(17)18-5-2-11-19-10(8-21-11)13(14,15)16;/h8-9H,2-7H2,1H3,(H2,17,18);1H. The summed E-state index contributed by atoms with van der Waals surface area (Å²) in [5.74, 6) is 1.19. The number of nitrogens with two attached hydrogens (primary N) is 1. The first-order chi connectivity index (χ1) is 9.86. The van der Waals surface area contributed by atoms with Gasteiger partial charge in [-0.1, -0.05) is 6.92 Å². The first-order valence-electron chi connectivity index (χ1n) is 6.92. The molecule has 0 radical (unpaired) electrons. The van der Waals surface area contributed by atoms with Gasteiger partial charge in [-0.3, -0.25) is 4.99 Å². The van der Waals surface area contributed by atoms with Crippen LogP contribution in [-0.4, -0.2) is 35.5 Å². The number of hydrogen-bond acceptors (Lipinski definition) is 3. The molecule has 0 amide bonds. The molecule has 1 aromatic heterocycles. The van der Waals surface area contributed by atoms with Crippen LogP contribution in [0.2, 0.25) is 0 Å². The Bertz CT molecular complexity index is 496. The summed E-state index contributed by atoms with van der Waals surface area (Å²) in [5, 5.41) is 1.47. The normalized spacial score (nSPS) is 17.5. The van der Waals surface area contributed by atoms with E-state index in [1.807, 2.05) is 4.90 Å². The largest absolute Gasteiger partial charge is 0.434 e. The van der Waals surface area contributed by atoms with Crippen LogP contribution in [0.5, 0.6) is 0 Å². The molecule has 2 N–H and O–H groups in total. The van der Waals surface area contributed by atoms with Gasteiger partial charge in [0.2, 0.25) is 0 Å². The second kappa shape index (κ2) is 8.32. The Morgan fingerprint density at radius 3 is 2.64 bits per heavy atom. The van der Waals surface area contributed by atoms with Crippen molar-refractivity contribution in [3.05, 3.63) is 16.1 Å². The van der Waals surface area contributed by atoms with Crippen molar-refractivity contribution in [1.82, 2.24) is 9.88 Å². The van der Waals surface area contributed by atoms with Gasteiger partial charge in [-0.25, -0.2) is 4.98 Å². The molecule has 4 nitrogen and oxygen atoms in total. The monoisotopic (exact) mass is 448 g/mol. The maximum atomic E-state index is 12.4. The fourth-order valence-electron chi connectivity index (χ4n) is 2.16. The predicted molar refractivity (Wildman–Crippen MR) is 92.7 cm³/mol. The van der Waals surface area contributed by atoms with Crippen molar-refractivity contribution in [3.63, 3.8) is 0 Å². The number of alkyl halides is 3. The Kier molecular flexibility index (Phi) is 7.36. The van der Waals surface area contributed by atoms with Crippen molar-refractivity contribution in [2.24, 2.45) is 16.6 Å². The molecule has 1 aliphatic heterocycles. The molecule has 1 aliphatic rings. The van der Waals surface area contributed by atoms with Gasteiger partial charge in [0.15, 0.2) is 11.7 Å². The number of hydrogen-bond donors (Lipinski definition) is 1. The Balaban J connectivity index is 0.00000242. The van der Waals surface area contributed by atoms with Crippen LogP contribution in [-0.2, 0) is 12.6 Å². The molecule has 2 heterocycles. The summed E-state index contributed by atoms with van der Waals surface area (Å²) in [7, 11) is 0. The van der Waals surface area contributed by atoms with E-state index in [4.69, 9.17) is 5.73 Å². The number of aliphatic imine (C=N–C) groups is 1. The lowest BCUT2D eigenvalue weighted by atomic mass is 10.00. The summed E-state index contributed by atoms with van der Waals surface area (Å²) in [6.45, 7) is 4.37. The molecule has 0 bridgehead atoms. The van der Waals surface area contributed by atoms with Gasteiger partial charge < -0.3 is 10.6 Å². The lowest BCUT2D eigenvalue weighted by Gasteiger charge is -2.31. The minimum atomic E-state index is -4.37. The fraction of sp³-hybridized carbons (Fsp3) is 0.692. The van der Waals surface area contributed by atoms with Crippen molar-refractivity contribution >= 4 is 41.3 Å².